The summed E-state index contributed by atoms with van der Waals surface area (Å²) >= 11 is 0. The van der Waals surface area contributed by atoms with Gasteiger partial charge in [-0.15, -0.1) is 0 Å². The van der Waals surface area contributed by atoms with E-state index in [1.165, 1.54) is 0 Å². The van der Waals surface area contributed by atoms with Crippen molar-refractivity contribution in [3.8, 4) is 6.07 Å². The Kier molecular flexibility index (Phi) is 5.33. The second-order valence-corrected chi connectivity index (χ2v) is 6.67. The maximum atomic E-state index is 12.4. The summed E-state index contributed by atoms with van der Waals surface area (Å²) < 4.78 is 11.4. The highest BCUT2D eigenvalue weighted by Gasteiger charge is 2.19. The number of likely N-dealkylation sites (N-methyl/N-ethyl adjacent to an activating group) is 1. The summed E-state index contributed by atoms with van der Waals surface area (Å²) in [7, 11) is 1.88. The molecule has 0 aliphatic carbocycles. The molecule has 0 fully saturated rings. The molecule has 0 aliphatic rings. The van der Waals surface area contributed by atoms with Crippen molar-refractivity contribution in [1.82, 2.24) is 4.90 Å². The lowest BCUT2D eigenvalue weighted by Crippen LogP contribution is -2.30. The van der Waals surface area contributed by atoms with E-state index >= 15 is 0 Å². The van der Waals surface area contributed by atoms with Gasteiger partial charge in [-0.05, 0) is 27.0 Å². The molecular weight excluding hydrogens is 342 g/mol. The zero-order valence-electron chi connectivity index (χ0n) is 16.0. The van der Waals surface area contributed by atoms with Crippen molar-refractivity contribution < 1.29 is 13.6 Å². The number of furan rings is 2. The van der Waals surface area contributed by atoms with Gasteiger partial charge in [-0.25, -0.2) is 0 Å². The van der Waals surface area contributed by atoms with Crippen LogP contribution < -0.4 is 5.32 Å². The fraction of sp³-hybridized carbons (Fsp3) is 0.333. The summed E-state index contributed by atoms with van der Waals surface area (Å²) in [6, 6.07) is 10.0. The van der Waals surface area contributed by atoms with Crippen LogP contribution in [0.2, 0.25) is 0 Å². The van der Waals surface area contributed by atoms with E-state index in [4.69, 9.17) is 8.83 Å². The third-order valence-electron chi connectivity index (χ3n) is 4.69. The third kappa shape index (κ3) is 3.74. The van der Waals surface area contributed by atoms with Crippen LogP contribution in [-0.4, -0.2) is 24.4 Å². The van der Waals surface area contributed by atoms with Crippen LogP contribution in [-0.2, 0) is 17.8 Å². The molecule has 6 nitrogen and oxygen atoms in total. The molecule has 0 aliphatic heterocycles. The number of hydrogen-bond donors (Lipinski definition) is 1. The van der Waals surface area contributed by atoms with Gasteiger partial charge in [0.2, 0.25) is 11.8 Å². The average molecular weight is 365 g/mol. The number of fused-ring (bicyclic) bond motifs is 1. The minimum absolute atomic E-state index is 0.173. The molecule has 0 radical (unpaired) electrons. The molecule has 0 saturated heterocycles. The highest BCUT2D eigenvalue weighted by molar-refractivity contribution is 5.92. The van der Waals surface area contributed by atoms with Gasteiger partial charge in [0, 0.05) is 29.5 Å². The van der Waals surface area contributed by atoms with E-state index in [9.17, 15) is 10.1 Å². The van der Waals surface area contributed by atoms with Crippen molar-refractivity contribution in [1.29, 1.82) is 5.26 Å². The van der Waals surface area contributed by atoms with Crippen LogP contribution in [0.25, 0.3) is 11.0 Å². The number of nitrogens with one attached hydrogen (secondary N) is 1. The van der Waals surface area contributed by atoms with Crippen molar-refractivity contribution in [3.05, 3.63) is 52.5 Å². The van der Waals surface area contributed by atoms with Gasteiger partial charge in [0.25, 0.3) is 0 Å². The fourth-order valence-electron chi connectivity index (χ4n) is 3.20. The molecule has 27 heavy (non-hydrogen) atoms. The van der Waals surface area contributed by atoms with Gasteiger partial charge in [0.05, 0.1) is 6.54 Å². The number of anilines is 1. The van der Waals surface area contributed by atoms with Crippen molar-refractivity contribution in [2.24, 2.45) is 0 Å². The second kappa shape index (κ2) is 7.68. The van der Waals surface area contributed by atoms with Crippen LogP contribution in [0.5, 0.6) is 0 Å². The summed E-state index contributed by atoms with van der Waals surface area (Å²) in [5.41, 5.74) is 3.09. The molecule has 1 amide bonds. The smallest absolute Gasteiger partial charge is 0.240 e. The number of nitriles is 1. The minimum Gasteiger partial charge on any atom is -0.461 e. The summed E-state index contributed by atoms with van der Waals surface area (Å²) in [6.07, 6.45) is 0.792. The molecule has 2 heterocycles. The highest BCUT2D eigenvalue weighted by atomic mass is 16.4. The number of para-hydroxylation sites is 1. The van der Waals surface area contributed by atoms with Gasteiger partial charge in [-0.1, -0.05) is 25.1 Å². The Morgan fingerprint density at radius 2 is 2.00 bits per heavy atom. The van der Waals surface area contributed by atoms with Crippen molar-refractivity contribution in [3.63, 3.8) is 0 Å². The van der Waals surface area contributed by atoms with Crippen molar-refractivity contribution in [2.75, 3.05) is 18.9 Å². The Labute approximate surface area is 158 Å². The number of benzene rings is 1. The van der Waals surface area contributed by atoms with Crippen LogP contribution in [0.3, 0.4) is 0 Å². The van der Waals surface area contributed by atoms with Gasteiger partial charge < -0.3 is 8.83 Å². The number of aryl methyl sites for hydroxylation is 2. The van der Waals surface area contributed by atoms with Crippen molar-refractivity contribution >= 4 is 22.8 Å². The second-order valence-electron chi connectivity index (χ2n) is 6.67. The molecule has 3 rings (SSSR count). The van der Waals surface area contributed by atoms with Gasteiger partial charge >= 0.3 is 0 Å². The van der Waals surface area contributed by atoms with E-state index < -0.39 is 0 Å². The number of carbonyl (C=O) groups is 1. The summed E-state index contributed by atoms with van der Waals surface area (Å²) in [6.45, 7) is 6.39. The minimum atomic E-state index is -0.228. The topological polar surface area (TPSA) is 82.4 Å². The SMILES string of the molecule is CCc1oc2ccccc2c1CN(C)CC(=O)Nc1oc(C)c(C)c1C#N. The first-order valence-corrected chi connectivity index (χ1v) is 8.92. The maximum Gasteiger partial charge on any atom is 0.240 e. The van der Waals surface area contributed by atoms with Gasteiger partial charge in [-0.2, -0.15) is 5.26 Å². The first kappa shape index (κ1) is 18.7. The van der Waals surface area contributed by atoms with E-state index in [0.29, 0.717) is 17.9 Å². The molecule has 0 saturated carbocycles. The standard InChI is InChI=1S/C21H23N3O3/c1-5-18-17(15-8-6-7-9-19(15)27-18)11-24(4)12-20(25)23-21-16(10-22)13(2)14(3)26-21/h6-9H,5,11-12H2,1-4H3,(H,23,25). The highest BCUT2D eigenvalue weighted by Crippen LogP contribution is 2.28. The lowest BCUT2D eigenvalue weighted by atomic mass is 10.1. The lowest BCUT2D eigenvalue weighted by molar-refractivity contribution is -0.117. The average Bonchev–Trinajstić information content (AvgIpc) is 3.12. The monoisotopic (exact) mass is 365 g/mol. The number of hydrogen-bond acceptors (Lipinski definition) is 5. The van der Waals surface area contributed by atoms with Gasteiger partial charge in [-0.3, -0.25) is 15.0 Å². The lowest BCUT2D eigenvalue weighted by Gasteiger charge is -2.16. The molecule has 140 valence electrons. The zero-order chi connectivity index (χ0) is 19.6. The van der Waals surface area contributed by atoms with Crippen LogP contribution in [0, 0.1) is 25.2 Å². The predicted molar refractivity (Wildman–Crippen MR) is 103 cm³/mol. The Balaban J connectivity index is 1.71. The number of carbonyl (C=O) groups excluding carboxylic acids is 1. The Bertz CT molecular complexity index is 1020. The summed E-state index contributed by atoms with van der Waals surface area (Å²) in [5.74, 6) is 1.56. The molecule has 0 spiro atoms. The molecule has 0 unspecified atom stereocenters. The first-order chi connectivity index (χ1) is 12.9. The van der Waals surface area contributed by atoms with E-state index in [0.717, 1.165) is 34.3 Å². The fourth-order valence-corrected chi connectivity index (χ4v) is 3.20. The van der Waals surface area contributed by atoms with Crippen LogP contribution >= 0.6 is 0 Å². The van der Waals surface area contributed by atoms with E-state index in [1.54, 1.807) is 13.8 Å². The largest absolute Gasteiger partial charge is 0.461 e. The molecule has 3 aromatic rings. The van der Waals surface area contributed by atoms with E-state index in [2.05, 4.69) is 18.3 Å². The Hall–Kier alpha value is -3.04. The number of nitrogens with zero attached hydrogens (tertiary/aromatic N) is 2. The number of rotatable bonds is 6. The zero-order valence-corrected chi connectivity index (χ0v) is 16.0. The van der Waals surface area contributed by atoms with Gasteiger partial charge in [0.15, 0.2) is 0 Å². The predicted octanol–water partition coefficient (Wildman–Crippen LogP) is 4.15. The quantitative estimate of drug-likeness (QED) is 0.710. The molecule has 0 atom stereocenters. The van der Waals surface area contributed by atoms with Crippen LogP contribution in [0.4, 0.5) is 5.88 Å². The normalized spacial score (nSPS) is 11.1. The van der Waals surface area contributed by atoms with Crippen LogP contribution in [0.1, 0.15) is 35.1 Å². The van der Waals surface area contributed by atoms with E-state index in [-0.39, 0.29) is 18.3 Å². The molecule has 2 aromatic heterocycles. The Morgan fingerprint density at radius 1 is 1.26 bits per heavy atom. The van der Waals surface area contributed by atoms with Crippen LogP contribution in [0.15, 0.2) is 33.1 Å². The molecule has 1 aromatic carbocycles. The number of amides is 1. The molecular formula is C21H23N3O3. The van der Waals surface area contributed by atoms with Crippen molar-refractivity contribution in [2.45, 2.75) is 33.7 Å². The summed E-state index contributed by atoms with van der Waals surface area (Å²) in [4.78, 5) is 14.3. The molecule has 0 bridgehead atoms. The van der Waals surface area contributed by atoms with E-state index in [1.807, 2.05) is 36.2 Å². The summed E-state index contributed by atoms with van der Waals surface area (Å²) in [5, 5.41) is 13.0. The first-order valence-electron chi connectivity index (χ1n) is 8.92. The van der Waals surface area contributed by atoms with Gasteiger partial charge in [0.1, 0.15) is 28.7 Å². The Morgan fingerprint density at radius 3 is 2.70 bits per heavy atom. The molecule has 1 N–H and O–H groups in total. The molecule has 6 heteroatoms. The maximum absolute atomic E-state index is 12.4. The third-order valence-corrected chi connectivity index (χ3v) is 4.69.